The number of carbonyl (C=O) groups excluding carboxylic acids is 1. The highest BCUT2D eigenvalue weighted by atomic mass is 32.2. The van der Waals surface area contributed by atoms with Crippen molar-refractivity contribution in [2.24, 2.45) is 0 Å². The number of rotatable bonds is 1. The van der Waals surface area contributed by atoms with Crippen LogP contribution in [-0.4, -0.2) is 29.2 Å². The molecule has 0 bridgehead atoms. The van der Waals surface area contributed by atoms with E-state index in [-0.39, 0.29) is 34.1 Å². The molecule has 0 atom stereocenters. The molecule has 5 rings (SSSR count). The Balaban J connectivity index is 1.91. The Hall–Kier alpha value is -3.56. The Morgan fingerprint density at radius 3 is 1.93 bits per heavy atom. The molecule has 146 valence electrons. The van der Waals surface area contributed by atoms with Gasteiger partial charge in [-0.25, -0.2) is 4.79 Å². The first-order valence-corrected chi connectivity index (χ1v) is 9.84. The van der Waals surface area contributed by atoms with E-state index >= 15 is 0 Å². The molecule has 29 heavy (non-hydrogen) atoms. The van der Waals surface area contributed by atoms with Crippen molar-refractivity contribution < 1.29 is 37.5 Å². The lowest BCUT2D eigenvalue weighted by Gasteiger charge is -2.36. The maximum atomic E-state index is 12.7. The Bertz CT molecular complexity index is 1270. The van der Waals surface area contributed by atoms with Crippen LogP contribution >= 0.6 is 0 Å². The number of benzene rings is 3. The minimum absolute atomic E-state index is 0.0984. The molecule has 1 spiro atoms. The predicted molar refractivity (Wildman–Crippen MR) is 97.8 cm³/mol. The zero-order valence-electron chi connectivity index (χ0n) is 14.5. The average molecular weight is 412 g/mol. The van der Waals surface area contributed by atoms with E-state index in [4.69, 9.17) is 9.47 Å². The molecule has 0 aliphatic carbocycles. The van der Waals surface area contributed by atoms with Crippen molar-refractivity contribution in [3.63, 3.8) is 0 Å². The minimum Gasteiger partial charge on any atom is -0.508 e. The molecule has 0 amide bonds. The summed E-state index contributed by atoms with van der Waals surface area (Å²) in [5, 5.41) is 19.7. The van der Waals surface area contributed by atoms with Gasteiger partial charge in [-0.05, 0) is 42.5 Å². The van der Waals surface area contributed by atoms with Crippen molar-refractivity contribution in [1.82, 2.24) is 0 Å². The van der Waals surface area contributed by atoms with Gasteiger partial charge in [0.05, 0.1) is 10.5 Å². The number of aromatic hydroxyl groups is 2. The Labute approximate surface area is 164 Å². The van der Waals surface area contributed by atoms with Crippen LogP contribution < -0.4 is 4.74 Å². The number of phenols is 2. The summed E-state index contributed by atoms with van der Waals surface area (Å²) >= 11 is 0. The second kappa shape index (κ2) is 5.49. The average Bonchev–Trinajstić information content (AvgIpc) is 2.93. The van der Waals surface area contributed by atoms with Gasteiger partial charge in [0.15, 0.2) is 5.60 Å². The van der Waals surface area contributed by atoms with E-state index in [9.17, 15) is 28.0 Å². The van der Waals surface area contributed by atoms with Gasteiger partial charge in [-0.3, -0.25) is 4.55 Å². The molecule has 3 aromatic carbocycles. The SMILES string of the molecule is O=C1OC2(c3ccc(O)cc3Oc3cc(O)ccc32)c2cc(S(=O)(=O)O)ccc21. The largest absolute Gasteiger partial charge is 0.508 e. The molecule has 2 heterocycles. The molecule has 0 fully saturated rings. The number of fused-ring (bicyclic) bond motifs is 6. The highest BCUT2D eigenvalue weighted by Gasteiger charge is 2.54. The maximum absolute atomic E-state index is 12.7. The smallest absolute Gasteiger partial charge is 0.340 e. The van der Waals surface area contributed by atoms with Crippen LogP contribution in [0, 0.1) is 0 Å². The number of hydrogen-bond donors (Lipinski definition) is 3. The first kappa shape index (κ1) is 17.5. The lowest BCUT2D eigenvalue weighted by Crippen LogP contribution is -2.33. The van der Waals surface area contributed by atoms with Crippen LogP contribution in [0.25, 0.3) is 0 Å². The van der Waals surface area contributed by atoms with Gasteiger partial charge in [0.25, 0.3) is 10.1 Å². The Kier molecular flexibility index (Phi) is 3.32. The summed E-state index contributed by atoms with van der Waals surface area (Å²) in [6.07, 6.45) is 0. The van der Waals surface area contributed by atoms with Crippen LogP contribution in [0.3, 0.4) is 0 Å². The van der Waals surface area contributed by atoms with Crippen LogP contribution in [0.4, 0.5) is 0 Å². The Morgan fingerprint density at radius 2 is 1.38 bits per heavy atom. The third-order valence-corrected chi connectivity index (χ3v) is 5.89. The molecular weight excluding hydrogens is 400 g/mol. The molecule has 3 aromatic rings. The number of carbonyl (C=O) groups is 1. The minimum atomic E-state index is -4.54. The van der Waals surface area contributed by atoms with Crippen LogP contribution in [0.5, 0.6) is 23.0 Å². The van der Waals surface area contributed by atoms with Crippen molar-refractivity contribution in [2.45, 2.75) is 10.5 Å². The van der Waals surface area contributed by atoms with E-state index in [1.807, 2.05) is 0 Å². The third kappa shape index (κ3) is 2.35. The summed E-state index contributed by atoms with van der Waals surface area (Å²) in [5.41, 5.74) is -0.560. The lowest BCUT2D eigenvalue weighted by molar-refractivity contribution is 0.0224. The summed E-state index contributed by atoms with van der Waals surface area (Å²) < 4.78 is 44.5. The fourth-order valence-corrected chi connectivity index (χ4v) is 4.35. The molecule has 0 saturated heterocycles. The van der Waals surface area contributed by atoms with Crippen LogP contribution in [0.1, 0.15) is 27.0 Å². The van der Waals surface area contributed by atoms with E-state index in [0.29, 0.717) is 11.1 Å². The van der Waals surface area contributed by atoms with Crippen LogP contribution in [0.2, 0.25) is 0 Å². The second-order valence-corrected chi connectivity index (χ2v) is 8.14. The third-order valence-electron chi connectivity index (χ3n) is 5.04. The van der Waals surface area contributed by atoms with Gasteiger partial charge in [-0.2, -0.15) is 8.42 Å². The summed E-state index contributed by atoms with van der Waals surface area (Å²) in [4.78, 5) is 12.3. The molecule has 9 heteroatoms. The van der Waals surface area contributed by atoms with Gasteiger partial charge in [-0.15, -0.1) is 0 Å². The maximum Gasteiger partial charge on any atom is 0.340 e. The van der Waals surface area contributed by atoms with Gasteiger partial charge in [-0.1, -0.05) is 0 Å². The van der Waals surface area contributed by atoms with Gasteiger partial charge < -0.3 is 19.7 Å². The highest BCUT2D eigenvalue weighted by molar-refractivity contribution is 7.85. The molecule has 2 aliphatic rings. The number of phenolic OH excluding ortho intramolecular Hbond substituents is 2. The molecule has 2 aliphatic heterocycles. The zero-order valence-corrected chi connectivity index (χ0v) is 15.3. The Morgan fingerprint density at radius 1 is 0.793 bits per heavy atom. The summed E-state index contributed by atoms with van der Waals surface area (Å²) in [6.45, 7) is 0. The molecule has 0 saturated carbocycles. The van der Waals surface area contributed by atoms with E-state index in [0.717, 1.165) is 6.07 Å². The van der Waals surface area contributed by atoms with Gasteiger partial charge >= 0.3 is 5.97 Å². The monoisotopic (exact) mass is 412 g/mol. The topological polar surface area (TPSA) is 130 Å². The van der Waals surface area contributed by atoms with Crippen molar-refractivity contribution >= 4 is 16.1 Å². The van der Waals surface area contributed by atoms with Crippen molar-refractivity contribution in [2.75, 3.05) is 0 Å². The standard InChI is InChI=1S/C20H12O8S/c21-10-1-5-14-17(7-10)27-18-8-11(22)2-6-15(18)20(14)16-9-12(29(24,25)26)3-4-13(16)19(23)28-20/h1-9,21-22H,(H,24,25,26). The fourth-order valence-electron chi connectivity index (χ4n) is 3.84. The van der Waals surface area contributed by atoms with Crippen molar-refractivity contribution in [3.8, 4) is 23.0 Å². The normalized spacial score (nSPS) is 15.8. The van der Waals surface area contributed by atoms with Gasteiger partial charge in [0, 0.05) is 28.8 Å². The zero-order chi connectivity index (χ0) is 20.6. The lowest BCUT2D eigenvalue weighted by atomic mass is 9.77. The van der Waals surface area contributed by atoms with Crippen LogP contribution in [-0.2, 0) is 20.5 Å². The highest BCUT2D eigenvalue weighted by Crippen LogP contribution is 2.57. The van der Waals surface area contributed by atoms with E-state index in [2.05, 4.69) is 0 Å². The first-order valence-electron chi connectivity index (χ1n) is 8.40. The van der Waals surface area contributed by atoms with Crippen molar-refractivity contribution in [1.29, 1.82) is 0 Å². The fraction of sp³-hybridized carbons (Fsp3) is 0.0500. The molecule has 3 N–H and O–H groups in total. The predicted octanol–water partition coefficient (Wildman–Crippen LogP) is 2.91. The van der Waals surface area contributed by atoms with Gasteiger partial charge in [0.1, 0.15) is 23.0 Å². The van der Waals surface area contributed by atoms with Gasteiger partial charge in [0.2, 0.25) is 0 Å². The molecule has 8 nitrogen and oxygen atoms in total. The quantitative estimate of drug-likeness (QED) is 0.411. The summed E-state index contributed by atoms with van der Waals surface area (Å²) in [7, 11) is -4.54. The molecular formula is C20H12O8S. The number of ether oxygens (including phenoxy) is 2. The van der Waals surface area contributed by atoms with E-state index in [1.54, 1.807) is 0 Å². The molecule has 0 radical (unpaired) electrons. The summed E-state index contributed by atoms with van der Waals surface area (Å²) in [5.74, 6) is -0.554. The van der Waals surface area contributed by atoms with Crippen molar-refractivity contribution in [3.05, 3.63) is 76.9 Å². The molecule has 0 unspecified atom stereocenters. The second-order valence-electron chi connectivity index (χ2n) is 6.72. The molecule has 0 aromatic heterocycles. The summed E-state index contributed by atoms with van der Waals surface area (Å²) in [6, 6.07) is 12.0. The van der Waals surface area contributed by atoms with E-state index < -0.39 is 26.6 Å². The number of hydrogen-bond acceptors (Lipinski definition) is 7. The number of esters is 1. The first-order chi connectivity index (χ1) is 13.7. The van der Waals surface area contributed by atoms with E-state index in [1.165, 1.54) is 48.5 Å². The van der Waals surface area contributed by atoms with Crippen LogP contribution in [0.15, 0.2) is 59.5 Å².